The molecule has 1 aromatic heterocycles. The minimum atomic E-state index is 0.616. The van der Waals surface area contributed by atoms with Crippen LogP contribution in [0.15, 0.2) is 16.5 Å². The lowest BCUT2D eigenvalue weighted by atomic mass is 10.4. The summed E-state index contributed by atoms with van der Waals surface area (Å²) in [5.41, 5.74) is 2.72. The Bertz CT molecular complexity index is 225. The van der Waals surface area contributed by atoms with Crippen molar-refractivity contribution in [2.75, 3.05) is 13.4 Å². The number of furan rings is 1. The van der Waals surface area contributed by atoms with Gasteiger partial charge in [-0.15, -0.1) is 0 Å². The van der Waals surface area contributed by atoms with E-state index in [1.807, 2.05) is 12.1 Å². The zero-order chi connectivity index (χ0) is 8.81. The van der Waals surface area contributed by atoms with Crippen molar-refractivity contribution in [3.63, 3.8) is 0 Å². The summed E-state index contributed by atoms with van der Waals surface area (Å²) in [6.07, 6.45) is 2.05. The zero-order valence-corrected chi connectivity index (χ0v) is 8.11. The van der Waals surface area contributed by atoms with Crippen molar-refractivity contribution in [2.45, 2.75) is 12.3 Å². The van der Waals surface area contributed by atoms with Gasteiger partial charge in [0, 0.05) is 0 Å². The van der Waals surface area contributed by atoms with Crippen molar-refractivity contribution in [2.24, 2.45) is 0 Å². The van der Waals surface area contributed by atoms with Gasteiger partial charge in [-0.2, -0.15) is 17.2 Å². The van der Waals surface area contributed by atoms with E-state index < -0.39 is 0 Å². The molecule has 0 saturated heterocycles. The fourth-order valence-corrected chi connectivity index (χ4v) is 1.32. The van der Waals surface area contributed by atoms with E-state index in [4.69, 9.17) is 9.25 Å². The summed E-state index contributed by atoms with van der Waals surface area (Å²) < 4.78 is 5.46. The van der Waals surface area contributed by atoms with Crippen LogP contribution in [0.5, 0.6) is 0 Å². The van der Waals surface area contributed by atoms with Crippen molar-refractivity contribution in [3.05, 3.63) is 23.7 Å². The smallest absolute Gasteiger partial charge is 0.120 e. The molecular formula is C8H13NO2S. The van der Waals surface area contributed by atoms with E-state index >= 15 is 0 Å². The van der Waals surface area contributed by atoms with E-state index in [2.05, 4.69) is 11.7 Å². The summed E-state index contributed by atoms with van der Waals surface area (Å²) in [4.78, 5) is 4.70. The molecule has 1 aromatic rings. The van der Waals surface area contributed by atoms with Crippen LogP contribution in [0.4, 0.5) is 0 Å². The van der Waals surface area contributed by atoms with Crippen molar-refractivity contribution >= 4 is 11.8 Å². The van der Waals surface area contributed by atoms with Crippen LogP contribution in [0.2, 0.25) is 0 Å². The number of thioether (sulfide) groups is 1. The van der Waals surface area contributed by atoms with Crippen LogP contribution in [0.1, 0.15) is 11.5 Å². The highest BCUT2D eigenvalue weighted by Crippen LogP contribution is 2.12. The molecule has 0 aliphatic heterocycles. The summed E-state index contributed by atoms with van der Waals surface area (Å²) in [6, 6.07) is 3.95. The van der Waals surface area contributed by atoms with E-state index in [9.17, 15) is 0 Å². The van der Waals surface area contributed by atoms with Crippen molar-refractivity contribution < 1.29 is 9.25 Å². The van der Waals surface area contributed by atoms with Gasteiger partial charge in [-0.1, -0.05) is 0 Å². The molecule has 0 aliphatic carbocycles. The van der Waals surface area contributed by atoms with Gasteiger partial charge in [-0.05, 0) is 18.4 Å². The number of hydrogen-bond acceptors (Lipinski definition) is 4. The Morgan fingerprint density at radius 2 is 2.25 bits per heavy atom. The highest BCUT2D eigenvalue weighted by atomic mass is 32.2. The third kappa shape index (κ3) is 2.89. The Hall–Kier alpha value is -0.450. The van der Waals surface area contributed by atoms with Gasteiger partial charge in [0.1, 0.15) is 11.5 Å². The molecule has 1 N–H and O–H groups in total. The Balaban J connectivity index is 2.41. The van der Waals surface area contributed by atoms with Gasteiger partial charge >= 0.3 is 0 Å². The molecule has 1 rings (SSSR count). The summed E-state index contributed by atoms with van der Waals surface area (Å²) in [7, 11) is 1.59. The van der Waals surface area contributed by atoms with Crippen LogP contribution in [0.25, 0.3) is 0 Å². The molecule has 0 saturated carbocycles. The molecule has 3 nitrogen and oxygen atoms in total. The molecule has 0 aliphatic rings. The molecule has 0 bridgehead atoms. The number of nitrogens with one attached hydrogen (secondary N) is 1. The van der Waals surface area contributed by atoms with Crippen LogP contribution in [0, 0.1) is 0 Å². The van der Waals surface area contributed by atoms with Gasteiger partial charge in [0.15, 0.2) is 0 Å². The predicted octanol–water partition coefficient (Wildman–Crippen LogP) is 1.79. The second kappa shape index (κ2) is 5.24. The Morgan fingerprint density at radius 3 is 2.92 bits per heavy atom. The summed E-state index contributed by atoms with van der Waals surface area (Å²) in [5, 5.41) is 0. The molecule has 0 aromatic carbocycles. The fourth-order valence-electron chi connectivity index (χ4n) is 0.880. The monoisotopic (exact) mass is 187 g/mol. The summed E-state index contributed by atoms with van der Waals surface area (Å²) >= 11 is 1.75. The lowest BCUT2D eigenvalue weighted by Crippen LogP contribution is -2.09. The molecule has 0 unspecified atom stereocenters. The standard InChI is InChI=1S/C8H13NO2S/c1-10-9-5-7-3-4-8(11-7)6-12-2/h3-4,9H,5-6H2,1-2H3. The van der Waals surface area contributed by atoms with Crippen LogP contribution in [-0.2, 0) is 17.1 Å². The lowest BCUT2D eigenvalue weighted by molar-refractivity contribution is 0.0816. The topological polar surface area (TPSA) is 34.4 Å². The molecule has 0 radical (unpaired) electrons. The van der Waals surface area contributed by atoms with E-state index in [1.165, 1.54) is 0 Å². The van der Waals surface area contributed by atoms with Crippen LogP contribution in [0.3, 0.4) is 0 Å². The van der Waals surface area contributed by atoms with Gasteiger partial charge in [0.05, 0.1) is 19.4 Å². The van der Waals surface area contributed by atoms with Gasteiger partial charge < -0.3 is 9.25 Å². The van der Waals surface area contributed by atoms with Crippen molar-refractivity contribution in [1.82, 2.24) is 5.48 Å². The number of hydroxylamine groups is 1. The van der Waals surface area contributed by atoms with Gasteiger partial charge in [-0.25, -0.2) is 0 Å². The van der Waals surface area contributed by atoms with Crippen molar-refractivity contribution in [3.8, 4) is 0 Å². The second-order valence-corrected chi connectivity index (χ2v) is 3.19. The van der Waals surface area contributed by atoms with Crippen molar-refractivity contribution in [1.29, 1.82) is 0 Å². The van der Waals surface area contributed by atoms with E-state index in [0.717, 1.165) is 17.3 Å². The first-order chi connectivity index (χ1) is 5.86. The Kier molecular flexibility index (Phi) is 4.21. The van der Waals surface area contributed by atoms with Gasteiger partial charge in [0.25, 0.3) is 0 Å². The first-order valence-corrected chi connectivity index (χ1v) is 5.08. The van der Waals surface area contributed by atoms with Crippen LogP contribution >= 0.6 is 11.8 Å². The summed E-state index contributed by atoms with van der Waals surface area (Å²) in [5.74, 6) is 2.84. The Labute approximate surface area is 76.4 Å². The second-order valence-electron chi connectivity index (χ2n) is 2.33. The normalized spacial score (nSPS) is 10.5. The molecular weight excluding hydrogens is 174 g/mol. The summed E-state index contributed by atoms with van der Waals surface area (Å²) in [6.45, 7) is 0.616. The zero-order valence-electron chi connectivity index (χ0n) is 7.29. The third-order valence-corrected chi connectivity index (χ3v) is 1.97. The fraction of sp³-hybridized carbons (Fsp3) is 0.500. The van der Waals surface area contributed by atoms with Gasteiger partial charge in [0.2, 0.25) is 0 Å². The number of rotatable bonds is 5. The molecule has 12 heavy (non-hydrogen) atoms. The van der Waals surface area contributed by atoms with Crippen LogP contribution in [-0.4, -0.2) is 13.4 Å². The minimum Gasteiger partial charge on any atom is -0.464 e. The van der Waals surface area contributed by atoms with E-state index in [0.29, 0.717) is 6.54 Å². The molecule has 0 spiro atoms. The molecule has 0 fully saturated rings. The molecule has 68 valence electrons. The minimum absolute atomic E-state index is 0.616. The maximum absolute atomic E-state index is 5.46. The van der Waals surface area contributed by atoms with Gasteiger partial charge in [-0.3, -0.25) is 0 Å². The quantitative estimate of drug-likeness (QED) is 0.713. The number of hydrogen-bond donors (Lipinski definition) is 1. The molecule has 4 heteroatoms. The van der Waals surface area contributed by atoms with Crippen LogP contribution < -0.4 is 5.48 Å². The molecule has 0 atom stereocenters. The first-order valence-electron chi connectivity index (χ1n) is 3.69. The lowest BCUT2D eigenvalue weighted by Gasteiger charge is -1.96. The Morgan fingerprint density at radius 1 is 1.50 bits per heavy atom. The third-order valence-electron chi connectivity index (χ3n) is 1.39. The highest BCUT2D eigenvalue weighted by Gasteiger charge is 1.99. The maximum atomic E-state index is 5.46. The average molecular weight is 187 g/mol. The van der Waals surface area contributed by atoms with E-state index in [1.54, 1.807) is 18.9 Å². The van der Waals surface area contributed by atoms with E-state index in [-0.39, 0.29) is 0 Å². The first kappa shape index (κ1) is 9.64. The average Bonchev–Trinajstić information content (AvgIpc) is 2.50. The maximum Gasteiger partial charge on any atom is 0.120 e. The highest BCUT2D eigenvalue weighted by molar-refractivity contribution is 7.97. The molecule has 1 heterocycles. The SMILES string of the molecule is CONCc1ccc(CSC)o1. The predicted molar refractivity (Wildman–Crippen MR) is 49.8 cm³/mol. The molecule has 0 amide bonds. The largest absolute Gasteiger partial charge is 0.464 e.